The molecule has 4 nitrogen and oxygen atoms in total. The van der Waals surface area contributed by atoms with Crippen molar-refractivity contribution in [3.63, 3.8) is 0 Å². The van der Waals surface area contributed by atoms with Crippen molar-refractivity contribution in [2.75, 3.05) is 13.1 Å². The average Bonchev–Trinajstić information content (AvgIpc) is 2.37. The van der Waals surface area contributed by atoms with Crippen LogP contribution in [0.1, 0.15) is 24.2 Å². The molecular weight excluding hydrogens is 310 g/mol. The third-order valence-electron chi connectivity index (χ3n) is 3.01. The van der Waals surface area contributed by atoms with Crippen molar-refractivity contribution in [3.8, 4) is 0 Å². The van der Waals surface area contributed by atoms with Crippen LogP contribution in [0, 0.1) is 0 Å². The third-order valence-corrected chi connectivity index (χ3v) is 3.54. The zero-order chi connectivity index (χ0) is 14.0. The van der Waals surface area contributed by atoms with Gasteiger partial charge in [0.1, 0.15) is 0 Å². The summed E-state index contributed by atoms with van der Waals surface area (Å²) in [6, 6.07) is 6.81. The molecule has 0 bridgehead atoms. The van der Waals surface area contributed by atoms with Crippen LogP contribution in [0.5, 0.6) is 0 Å². The molecule has 1 fully saturated rings. The molecule has 0 aliphatic carbocycles. The zero-order valence-electron chi connectivity index (χ0n) is 10.9. The minimum Gasteiger partial charge on any atom is -0.372 e. The van der Waals surface area contributed by atoms with Gasteiger partial charge < -0.3 is 9.64 Å². The molecule has 2 rings (SSSR count). The van der Waals surface area contributed by atoms with Gasteiger partial charge >= 0.3 is 0 Å². The fourth-order valence-electron chi connectivity index (χ4n) is 2.21. The SMILES string of the molecule is C[C@H]1CN(C(=O)C(=O)c2ccc(Br)cc2)C[C@H](C)O1. The summed E-state index contributed by atoms with van der Waals surface area (Å²) >= 11 is 3.30. The largest absolute Gasteiger partial charge is 0.372 e. The molecule has 0 N–H and O–H groups in total. The molecule has 1 aliphatic rings. The van der Waals surface area contributed by atoms with E-state index < -0.39 is 11.7 Å². The monoisotopic (exact) mass is 325 g/mol. The average molecular weight is 326 g/mol. The Balaban J connectivity index is 2.10. The Morgan fingerprint density at radius 2 is 1.68 bits per heavy atom. The quantitative estimate of drug-likeness (QED) is 0.619. The third kappa shape index (κ3) is 3.42. The maximum atomic E-state index is 12.2. The van der Waals surface area contributed by atoms with Gasteiger partial charge in [0.05, 0.1) is 12.2 Å². The molecule has 102 valence electrons. The van der Waals surface area contributed by atoms with Gasteiger partial charge in [-0.05, 0) is 38.1 Å². The topological polar surface area (TPSA) is 46.6 Å². The summed E-state index contributed by atoms with van der Waals surface area (Å²) in [7, 11) is 0. The van der Waals surface area contributed by atoms with Crippen molar-refractivity contribution in [2.45, 2.75) is 26.1 Å². The molecule has 19 heavy (non-hydrogen) atoms. The number of Topliss-reactive ketones (excluding diaryl/α,β-unsaturated/α-hetero) is 1. The number of benzene rings is 1. The minimum atomic E-state index is -0.464. The van der Waals surface area contributed by atoms with Gasteiger partial charge in [-0.15, -0.1) is 0 Å². The van der Waals surface area contributed by atoms with E-state index in [9.17, 15) is 9.59 Å². The highest BCUT2D eigenvalue weighted by Gasteiger charge is 2.30. The van der Waals surface area contributed by atoms with Crippen molar-refractivity contribution < 1.29 is 14.3 Å². The Bertz CT molecular complexity index is 476. The number of ketones is 1. The van der Waals surface area contributed by atoms with Crippen LogP contribution >= 0.6 is 15.9 Å². The van der Waals surface area contributed by atoms with Gasteiger partial charge in [-0.1, -0.05) is 15.9 Å². The Morgan fingerprint density at radius 3 is 2.21 bits per heavy atom. The predicted molar refractivity (Wildman–Crippen MR) is 75.1 cm³/mol. The predicted octanol–water partition coefficient (Wildman–Crippen LogP) is 2.27. The first-order chi connectivity index (χ1) is 8.97. The van der Waals surface area contributed by atoms with Crippen LogP contribution in [0.25, 0.3) is 0 Å². The first kappa shape index (κ1) is 14.2. The second-order valence-electron chi connectivity index (χ2n) is 4.80. The smallest absolute Gasteiger partial charge is 0.295 e. The molecule has 2 atom stereocenters. The number of rotatable bonds is 2. The molecular formula is C14H16BrNO3. The number of carbonyl (C=O) groups is 2. The van der Waals surface area contributed by atoms with Crippen LogP contribution in [-0.2, 0) is 9.53 Å². The van der Waals surface area contributed by atoms with E-state index in [-0.39, 0.29) is 12.2 Å². The fraction of sp³-hybridized carbons (Fsp3) is 0.429. The number of hydrogen-bond acceptors (Lipinski definition) is 3. The van der Waals surface area contributed by atoms with Gasteiger partial charge in [0.15, 0.2) is 0 Å². The number of ether oxygens (including phenoxy) is 1. The van der Waals surface area contributed by atoms with Gasteiger partial charge in [0, 0.05) is 23.1 Å². The van der Waals surface area contributed by atoms with Crippen molar-refractivity contribution in [3.05, 3.63) is 34.3 Å². The highest BCUT2D eigenvalue weighted by Crippen LogP contribution is 2.15. The second-order valence-corrected chi connectivity index (χ2v) is 5.72. The Morgan fingerprint density at radius 1 is 1.16 bits per heavy atom. The Kier molecular flexibility index (Phi) is 4.37. The van der Waals surface area contributed by atoms with Gasteiger partial charge in [0.25, 0.3) is 5.91 Å². The highest BCUT2D eigenvalue weighted by atomic mass is 79.9. The summed E-state index contributed by atoms with van der Waals surface area (Å²) in [6.45, 7) is 4.73. The number of carbonyl (C=O) groups excluding carboxylic acids is 2. The normalized spacial score (nSPS) is 23.2. The van der Waals surface area contributed by atoms with E-state index >= 15 is 0 Å². The first-order valence-corrected chi connectivity index (χ1v) is 7.01. The van der Waals surface area contributed by atoms with Gasteiger partial charge in [-0.2, -0.15) is 0 Å². The van der Waals surface area contributed by atoms with Crippen molar-refractivity contribution in [1.82, 2.24) is 4.90 Å². The number of nitrogens with zero attached hydrogens (tertiary/aromatic N) is 1. The van der Waals surface area contributed by atoms with E-state index in [2.05, 4.69) is 15.9 Å². The number of morpholine rings is 1. The minimum absolute atomic E-state index is 0.0367. The first-order valence-electron chi connectivity index (χ1n) is 6.22. The second kappa shape index (κ2) is 5.84. The lowest BCUT2D eigenvalue weighted by Crippen LogP contribution is -2.50. The molecule has 0 aromatic heterocycles. The zero-order valence-corrected chi connectivity index (χ0v) is 12.5. The maximum Gasteiger partial charge on any atom is 0.295 e. The summed E-state index contributed by atoms with van der Waals surface area (Å²) in [6.07, 6.45) is -0.0733. The number of hydrogen-bond donors (Lipinski definition) is 0. The van der Waals surface area contributed by atoms with Crippen LogP contribution in [0.15, 0.2) is 28.7 Å². The standard InChI is InChI=1S/C14H16BrNO3/c1-9-7-16(8-10(2)19-9)14(18)13(17)11-3-5-12(15)6-4-11/h3-6,9-10H,7-8H2,1-2H3/t9-,10-/m0/s1. The fourth-order valence-corrected chi connectivity index (χ4v) is 2.48. The Hall–Kier alpha value is -1.20. The van der Waals surface area contributed by atoms with E-state index in [0.29, 0.717) is 18.7 Å². The summed E-state index contributed by atoms with van der Waals surface area (Å²) < 4.78 is 6.44. The molecule has 0 spiro atoms. The van der Waals surface area contributed by atoms with Crippen molar-refractivity contribution in [2.24, 2.45) is 0 Å². The molecule has 1 aromatic rings. The van der Waals surface area contributed by atoms with Crippen LogP contribution < -0.4 is 0 Å². The number of amides is 1. The van der Waals surface area contributed by atoms with E-state index in [4.69, 9.17) is 4.74 Å². The summed E-state index contributed by atoms with van der Waals surface area (Å²) in [5.74, 6) is -0.918. The summed E-state index contributed by atoms with van der Waals surface area (Å²) in [5, 5.41) is 0. The van der Waals surface area contributed by atoms with Crippen molar-refractivity contribution in [1.29, 1.82) is 0 Å². The molecule has 0 unspecified atom stereocenters. The molecule has 1 aliphatic heterocycles. The molecule has 5 heteroatoms. The molecule has 1 amide bonds. The van der Waals surface area contributed by atoms with Crippen LogP contribution in [0.4, 0.5) is 0 Å². The van der Waals surface area contributed by atoms with E-state index in [1.54, 1.807) is 29.2 Å². The lowest BCUT2D eigenvalue weighted by molar-refractivity contribution is -0.138. The summed E-state index contributed by atoms with van der Waals surface area (Å²) in [4.78, 5) is 25.9. The van der Waals surface area contributed by atoms with Crippen molar-refractivity contribution >= 4 is 27.6 Å². The molecule has 0 radical (unpaired) electrons. The van der Waals surface area contributed by atoms with Gasteiger partial charge in [0.2, 0.25) is 5.78 Å². The van der Waals surface area contributed by atoms with Crippen LogP contribution in [0.3, 0.4) is 0 Å². The Labute approximate surface area is 120 Å². The van der Waals surface area contributed by atoms with Crippen LogP contribution in [-0.4, -0.2) is 41.9 Å². The highest BCUT2D eigenvalue weighted by molar-refractivity contribution is 9.10. The molecule has 0 saturated carbocycles. The van der Waals surface area contributed by atoms with E-state index in [1.807, 2.05) is 13.8 Å². The van der Waals surface area contributed by atoms with Crippen LogP contribution in [0.2, 0.25) is 0 Å². The van der Waals surface area contributed by atoms with Gasteiger partial charge in [-0.3, -0.25) is 9.59 Å². The van der Waals surface area contributed by atoms with E-state index in [1.165, 1.54) is 0 Å². The van der Waals surface area contributed by atoms with Gasteiger partial charge in [-0.25, -0.2) is 0 Å². The lowest BCUT2D eigenvalue weighted by atomic mass is 10.1. The molecule has 1 heterocycles. The molecule has 1 saturated heterocycles. The summed E-state index contributed by atoms with van der Waals surface area (Å²) in [5.41, 5.74) is 0.417. The lowest BCUT2D eigenvalue weighted by Gasteiger charge is -2.34. The molecule has 1 aromatic carbocycles. The van der Waals surface area contributed by atoms with E-state index in [0.717, 1.165) is 4.47 Å². The maximum absolute atomic E-state index is 12.2. The number of halogens is 1.